The lowest BCUT2D eigenvalue weighted by Gasteiger charge is -2.20. The first-order chi connectivity index (χ1) is 13.0. The van der Waals surface area contributed by atoms with Crippen LogP contribution in [0.3, 0.4) is 0 Å². The molecule has 8 heteroatoms. The van der Waals surface area contributed by atoms with Gasteiger partial charge in [0.15, 0.2) is 0 Å². The summed E-state index contributed by atoms with van der Waals surface area (Å²) in [7, 11) is 3.55. The van der Waals surface area contributed by atoms with Crippen molar-refractivity contribution in [2.24, 2.45) is 7.05 Å². The van der Waals surface area contributed by atoms with Crippen molar-refractivity contribution in [1.82, 2.24) is 24.9 Å². The standard InChI is InChI=1S/C19H24ClN5O2/c1-5-10-25(11-15-13(2)23-24(3)19(15)26-4)12-17-21-22-18(27-17)14-8-6-7-9-16(14)20/h6-9H,5,10-12H2,1-4H3. The fourth-order valence-electron chi connectivity index (χ4n) is 3.12. The molecule has 0 fully saturated rings. The zero-order chi connectivity index (χ0) is 19.4. The summed E-state index contributed by atoms with van der Waals surface area (Å²) in [4.78, 5) is 2.25. The Kier molecular flexibility index (Phi) is 6.13. The molecule has 0 amide bonds. The molecule has 0 atom stereocenters. The molecule has 2 aromatic heterocycles. The van der Waals surface area contributed by atoms with E-state index < -0.39 is 0 Å². The van der Waals surface area contributed by atoms with Gasteiger partial charge in [-0.1, -0.05) is 30.7 Å². The Labute approximate surface area is 163 Å². The predicted octanol–water partition coefficient (Wildman–Crippen LogP) is 3.85. The van der Waals surface area contributed by atoms with E-state index in [1.165, 1.54) is 0 Å². The van der Waals surface area contributed by atoms with E-state index in [1.54, 1.807) is 11.8 Å². The molecular weight excluding hydrogens is 366 g/mol. The maximum atomic E-state index is 6.22. The number of halogens is 1. The topological polar surface area (TPSA) is 69.2 Å². The van der Waals surface area contributed by atoms with Crippen molar-refractivity contribution in [3.05, 3.63) is 46.4 Å². The molecule has 3 aromatic rings. The third kappa shape index (κ3) is 4.31. The van der Waals surface area contributed by atoms with Crippen LogP contribution in [0.5, 0.6) is 5.88 Å². The van der Waals surface area contributed by atoms with E-state index in [4.69, 9.17) is 20.8 Å². The van der Waals surface area contributed by atoms with Gasteiger partial charge in [-0.2, -0.15) is 5.10 Å². The highest BCUT2D eigenvalue weighted by atomic mass is 35.5. The van der Waals surface area contributed by atoms with E-state index in [0.717, 1.165) is 35.7 Å². The lowest BCUT2D eigenvalue weighted by molar-refractivity contribution is 0.227. The molecule has 0 saturated heterocycles. The van der Waals surface area contributed by atoms with Gasteiger partial charge in [0.25, 0.3) is 0 Å². The van der Waals surface area contributed by atoms with Gasteiger partial charge in [0.1, 0.15) is 0 Å². The number of nitrogens with zero attached hydrogens (tertiary/aromatic N) is 5. The van der Waals surface area contributed by atoms with E-state index in [-0.39, 0.29) is 0 Å². The molecule has 0 aliphatic carbocycles. The first kappa shape index (κ1) is 19.4. The Bertz CT molecular complexity index is 905. The van der Waals surface area contributed by atoms with Crippen LogP contribution in [0.15, 0.2) is 28.7 Å². The average Bonchev–Trinajstić information content (AvgIpc) is 3.20. The predicted molar refractivity (Wildman–Crippen MR) is 104 cm³/mol. The van der Waals surface area contributed by atoms with E-state index in [0.29, 0.717) is 29.9 Å². The van der Waals surface area contributed by atoms with Gasteiger partial charge in [-0.15, -0.1) is 10.2 Å². The summed E-state index contributed by atoms with van der Waals surface area (Å²) >= 11 is 6.22. The monoisotopic (exact) mass is 389 g/mol. The summed E-state index contributed by atoms with van der Waals surface area (Å²) in [5.41, 5.74) is 2.77. The van der Waals surface area contributed by atoms with Crippen molar-refractivity contribution in [1.29, 1.82) is 0 Å². The van der Waals surface area contributed by atoms with E-state index in [9.17, 15) is 0 Å². The molecule has 0 unspecified atom stereocenters. The maximum absolute atomic E-state index is 6.22. The van der Waals surface area contributed by atoms with E-state index in [1.807, 2.05) is 38.2 Å². The lowest BCUT2D eigenvalue weighted by atomic mass is 10.2. The van der Waals surface area contributed by atoms with Crippen molar-refractivity contribution in [2.45, 2.75) is 33.4 Å². The molecule has 144 valence electrons. The number of hydrogen-bond donors (Lipinski definition) is 0. The Morgan fingerprint density at radius 1 is 1.22 bits per heavy atom. The molecule has 0 N–H and O–H groups in total. The summed E-state index contributed by atoms with van der Waals surface area (Å²) in [6.45, 7) is 6.26. The van der Waals surface area contributed by atoms with Crippen LogP contribution in [0.1, 0.15) is 30.5 Å². The molecule has 0 saturated carbocycles. The molecule has 2 heterocycles. The molecule has 3 rings (SSSR count). The highest BCUT2D eigenvalue weighted by molar-refractivity contribution is 6.33. The van der Waals surface area contributed by atoms with Crippen LogP contribution in [0.25, 0.3) is 11.5 Å². The zero-order valence-electron chi connectivity index (χ0n) is 16.1. The SMILES string of the molecule is CCCN(Cc1nnc(-c2ccccc2Cl)o1)Cc1c(C)nn(C)c1OC. The van der Waals surface area contributed by atoms with Crippen LogP contribution < -0.4 is 4.74 Å². The molecule has 0 aliphatic rings. The number of benzene rings is 1. The fraction of sp³-hybridized carbons (Fsp3) is 0.421. The number of ether oxygens (including phenoxy) is 1. The van der Waals surface area contributed by atoms with Crippen LogP contribution >= 0.6 is 11.6 Å². The van der Waals surface area contributed by atoms with Gasteiger partial charge in [-0.05, 0) is 32.0 Å². The van der Waals surface area contributed by atoms with Crippen molar-refractivity contribution in [3.8, 4) is 17.3 Å². The van der Waals surface area contributed by atoms with Crippen LogP contribution in [0.2, 0.25) is 5.02 Å². The van der Waals surface area contributed by atoms with Gasteiger partial charge in [-0.3, -0.25) is 4.90 Å². The zero-order valence-corrected chi connectivity index (χ0v) is 16.8. The van der Waals surface area contributed by atoms with Crippen molar-refractivity contribution < 1.29 is 9.15 Å². The largest absolute Gasteiger partial charge is 0.481 e. The van der Waals surface area contributed by atoms with Gasteiger partial charge >= 0.3 is 0 Å². The first-order valence-electron chi connectivity index (χ1n) is 8.89. The van der Waals surface area contributed by atoms with Crippen molar-refractivity contribution >= 4 is 11.6 Å². The second-order valence-electron chi connectivity index (χ2n) is 6.39. The number of methoxy groups -OCH3 is 1. The van der Waals surface area contributed by atoms with Crippen LogP contribution in [-0.2, 0) is 20.1 Å². The Hall–Kier alpha value is -2.38. The molecule has 7 nitrogen and oxygen atoms in total. The smallest absolute Gasteiger partial charge is 0.249 e. The second-order valence-corrected chi connectivity index (χ2v) is 6.80. The molecule has 0 bridgehead atoms. The molecule has 27 heavy (non-hydrogen) atoms. The van der Waals surface area contributed by atoms with Crippen LogP contribution in [0, 0.1) is 6.92 Å². The Balaban J connectivity index is 1.79. The summed E-state index contributed by atoms with van der Waals surface area (Å²) in [5, 5.41) is 13.4. The minimum atomic E-state index is 0.433. The third-order valence-corrected chi connectivity index (χ3v) is 4.66. The molecule has 0 aliphatic heterocycles. The van der Waals surface area contributed by atoms with E-state index >= 15 is 0 Å². The summed E-state index contributed by atoms with van der Waals surface area (Å²) in [6, 6.07) is 7.44. The van der Waals surface area contributed by atoms with E-state index in [2.05, 4.69) is 27.1 Å². The summed E-state index contributed by atoms with van der Waals surface area (Å²) in [6.07, 6.45) is 1.01. The molecule has 0 radical (unpaired) electrons. The Morgan fingerprint density at radius 3 is 2.70 bits per heavy atom. The number of hydrogen-bond acceptors (Lipinski definition) is 6. The minimum absolute atomic E-state index is 0.433. The quantitative estimate of drug-likeness (QED) is 0.582. The Morgan fingerprint density at radius 2 is 2.00 bits per heavy atom. The van der Waals surface area contributed by atoms with Crippen LogP contribution in [0.4, 0.5) is 0 Å². The van der Waals surface area contributed by atoms with Gasteiger partial charge < -0.3 is 9.15 Å². The number of rotatable bonds is 8. The maximum Gasteiger partial charge on any atom is 0.249 e. The van der Waals surface area contributed by atoms with Gasteiger partial charge in [0, 0.05) is 13.6 Å². The highest BCUT2D eigenvalue weighted by Crippen LogP contribution is 2.27. The number of aryl methyl sites for hydroxylation is 2. The third-order valence-electron chi connectivity index (χ3n) is 4.33. The van der Waals surface area contributed by atoms with Crippen molar-refractivity contribution in [3.63, 3.8) is 0 Å². The summed E-state index contributed by atoms with van der Waals surface area (Å²) in [5.74, 6) is 1.76. The van der Waals surface area contributed by atoms with Gasteiger partial charge in [-0.25, -0.2) is 4.68 Å². The normalized spacial score (nSPS) is 11.3. The minimum Gasteiger partial charge on any atom is -0.481 e. The second kappa shape index (κ2) is 8.54. The lowest BCUT2D eigenvalue weighted by Crippen LogP contribution is -2.24. The average molecular weight is 390 g/mol. The first-order valence-corrected chi connectivity index (χ1v) is 9.27. The van der Waals surface area contributed by atoms with Crippen LogP contribution in [-0.4, -0.2) is 38.5 Å². The molecular formula is C19H24ClN5O2. The highest BCUT2D eigenvalue weighted by Gasteiger charge is 2.19. The fourth-order valence-corrected chi connectivity index (χ4v) is 3.34. The molecule has 1 aromatic carbocycles. The van der Waals surface area contributed by atoms with Crippen molar-refractivity contribution in [2.75, 3.05) is 13.7 Å². The van der Waals surface area contributed by atoms with Gasteiger partial charge in [0.2, 0.25) is 17.7 Å². The van der Waals surface area contributed by atoms with Gasteiger partial charge in [0.05, 0.1) is 35.5 Å². The number of aromatic nitrogens is 4. The summed E-state index contributed by atoms with van der Waals surface area (Å²) < 4.78 is 13.1. The molecule has 0 spiro atoms.